The first-order chi connectivity index (χ1) is 9.81. The van der Waals surface area contributed by atoms with E-state index in [4.69, 9.17) is 5.73 Å². The van der Waals surface area contributed by atoms with Gasteiger partial charge in [-0.25, -0.2) is 9.97 Å². The summed E-state index contributed by atoms with van der Waals surface area (Å²) in [6.45, 7) is 2.91. The van der Waals surface area contributed by atoms with Crippen molar-refractivity contribution in [3.05, 3.63) is 48.2 Å². The summed E-state index contributed by atoms with van der Waals surface area (Å²) in [5.74, 6) is 1.92. The van der Waals surface area contributed by atoms with Crippen molar-refractivity contribution in [1.29, 1.82) is 0 Å². The molecule has 5 heteroatoms. The maximum absolute atomic E-state index is 5.71. The topological polar surface area (TPSA) is 67.9 Å². The van der Waals surface area contributed by atoms with Crippen molar-refractivity contribution >= 4 is 5.82 Å². The molecule has 3 rings (SSSR count). The molecule has 104 valence electrons. The van der Waals surface area contributed by atoms with Crippen LogP contribution >= 0.6 is 0 Å². The van der Waals surface area contributed by atoms with E-state index in [-0.39, 0.29) is 0 Å². The van der Waals surface area contributed by atoms with Gasteiger partial charge in [-0.2, -0.15) is 0 Å². The van der Waals surface area contributed by atoms with Crippen molar-refractivity contribution in [3.8, 4) is 0 Å². The van der Waals surface area contributed by atoms with Gasteiger partial charge in [-0.1, -0.05) is 0 Å². The second-order valence-corrected chi connectivity index (χ2v) is 5.25. The van der Waals surface area contributed by atoms with Crippen LogP contribution in [0.2, 0.25) is 0 Å². The molecule has 20 heavy (non-hydrogen) atoms. The molecule has 0 aliphatic carbocycles. The number of nitrogens with zero attached hydrogens (tertiary/aromatic N) is 4. The van der Waals surface area contributed by atoms with Gasteiger partial charge >= 0.3 is 0 Å². The molecule has 1 atom stereocenters. The van der Waals surface area contributed by atoms with Crippen molar-refractivity contribution in [2.45, 2.75) is 25.3 Å². The third-order valence-corrected chi connectivity index (χ3v) is 3.78. The molecule has 1 saturated heterocycles. The van der Waals surface area contributed by atoms with E-state index in [9.17, 15) is 0 Å². The first-order valence-electron chi connectivity index (χ1n) is 7.01. The van der Waals surface area contributed by atoms with E-state index < -0.39 is 0 Å². The molecular weight excluding hydrogens is 250 g/mol. The number of aromatic nitrogens is 3. The van der Waals surface area contributed by atoms with Gasteiger partial charge in [0.1, 0.15) is 11.6 Å². The quantitative estimate of drug-likeness (QED) is 0.920. The second kappa shape index (κ2) is 5.96. The fourth-order valence-corrected chi connectivity index (χ4v) is 2.80. The zero-order valence-corrected chi connectivity index (χ0v) is 11.4. The molecule has 0 unspecified atom stereocenters. The van der Waals surface area contributed by atoms with Crippen molar-refractivity contribution in [2.75, 3.05) is 18.8 Å². The third kappa shape index (κ3) is 3.11. The maximum Gasteiger partial charge on any atom is 0.144 e. The summed E-state index contributed by atoms with van der Waals surface area (Å²) in [7, 11) is 0. The van der Waals surface area contributed by atoms with Crippen LogP contribution in [0.4, 0.5) is 5.82 Å². The minimum absolute atomic E-state index is 0.540. The fourth-order valence-electron chi connectivity index (χ4n) is 2.80. The Balaban J connectivity index is 1.66. The van der Waals surface area contributed by atoms with Gasteiger partial charge < -0.3 is 5.73 Å². The predicted octanol–water partition coefficient (Wildman–Crippen LogP) is 1.83. The van der Waals surface area contributed by atoms with Crippen LogP contribution in [0.5, 0.6) is 0 Å². The monoisotopic (exact) mass is 269 g/mol. The normalized spacial score (nSPS) is 19.9. The van der Waals surface area contributed by atoms with Gasteiger partial charge in [0.25, 0.3) is 0 Å². The van der Waals surface area contributed by atoms with Crippen molar-refractivity contribution in [2.24, 2.45) is 0 Å². The average Bonchev–Trinajstić information content (AvgIpc) is 2.48. The Morgan fingerprint density at radius 3 is 2.85 bits per heavy atom. The Labute approximate surface area is 118 Å². The first-order valence-corrected chi connectivity index (χ1v) is 7.01. The summed E-state index contributed by atoms with van der Waals surface area (Å²) in [6.07, 6.45) is 7.90. The summed E-state index contributed by atoms with van der Waals surface area (Å²) < 4.78 is 0. The van der Waals surface area contributed by atoms with Crippen LogP contribution < -0.4 is 5.73 Å². The van der Waals surface area contributed by atoms with Gasteiger partial charge in [-0.05, 0) is 49.1 Å². The Hall–Kier alpha value is -2.01. The Bertz CT molecular complexity index is 557. The Morgan fingerprint density at radius 2 is 2.05 bits per heavy atom. The van der Waals surface area contributed by atoms with E-state index >= 15 is 0 Å². The van der Waals surface area contributed by atoms with Crippen LogP contribution in [0.15, 0.2) is 36.8 Å². The molecule has 3 heterocycles. The van der Waals surface area contributed by atoms with E-state index in [1.807, 2.05) is 12.4 Å². The molecule has 0 saturated carbocycles. The highest BCUT2D eigenvalue weighted by atomic mass is 15.2. The van der Waals surface area contributed by atoms with Crippen LogP contribution in [0.3, 0.4) is 0 Å². The molecule has 0 bridgehead atoms. The highest BCUT2D eigenvalue weighted by Crippen LogP contribution is 2.26. The average molecular weight is 269 g/mol. The summed E-state index contributed by atoms with van der Waals surface area (Å²) >= 11 is 0. The van der Waals surface area contributed by atoms with E-state index in [2.05, 4.69) is 32.0 Å². The number of pyridine rings is 1. The highest BCUT2D eigenvalue weighted by Gasteiger charge is 2.21. The van der Waals surface area contributed by atoms with Gasteiger partial charge in [0.05, 0.1) is 6.54 Å². The minimum Gasteiger partial charge on any atom is -0.384 e. The first kappa shape index (κ1) is 13.0. The predicted molar refractivity (Wildman–Crippen MR) is 77.9 cm³/mol. The third-order valence-electron chi connectivity index (χ3n) is 3.78. The maximum atomic E-state index is 5.71. The van der Waals surface area contributed by atoms with Gasteiger partial charge in [-0.15, -0.1) is 0 Å². The fraction of sp³-hybridized carbons (Fsp3) is 0.400. The molecule has 1 aliphatic rings. The van der Waals surface area contributed by atoms with Crippen molar-refractivity contribution < 1.29 is 0 Å². The molecule has 5 nitrogen and oxygen atoms in total. The van der Waals surface area contributed by atoms with E-state index in [1.165, 1.54) is 18.4 Å². The van der Waals surface area contributed by atoms with Crippen LogP contribution in [0.1, 0.15) is 30.1 Å². The van der Waals surface area contributed by atoms with Crippen LogP contribution in [0, 0.1) is 0 Å². The van der Waals surface area contributed by atoms with Crippen LogP contribution in [-0.4, -0.2) is 32.9 Å². The van der Waals surface area contributed by atoms with Crippen molar-refractivity contribution in [1.82, 2.24) is 19.9 Å². The SMILES string of the molecule is Nc1ccnc(CN2CCC[C@@H](c3ccncc3)C2)n1. The molecular formula is C15H19N5. The number of hydrogen-bond acceptors (Lipinski definition) is 5. The van der Waals surface area contributed by atoms with Crippen LogP contribution in [-0.2, 0) is 6.54 Å². The molecule has 0 spiro atoms. The Kier molecular flexibility index (Phi) is 3.87. The number of anilines is 1. The van der Waals surface area contributed by atoms with Gasteiger partial charge in [0.2, 0.25) is 0 Å². The zero-order valence-electron chi connectivity index (χ0n) is 11.4. The second-order valence-electron chi connectivity index (χ2n) is 5.25. The summed E-state index contributed by atoms with van der Waals surface area (Å²) in [5.41, 5.74) is 7.08. The number of hydrogen-bond donors (Lipinski definition) is 1. The summed E-state index contributed by atoms with van der Waals surface area (Å²) in [4.78, 5) is 15.1. The van der Waals surface area contributed by atoms with E-state index in [0.717, 1.165) is 25.5 Å². The standard InChI is InChI=1S/C15H19N5/c16-14-5-8-18-15(19-14)11-20-9-1-2-13(10-20)12-3-6-17-7-4-12/h3-8,13H,1-2,9-11H2,(H2,16,18,19)/t13-/m1/s1. The molecule has 1 aliphatic heterocycles. The minimum atomic E-state index is 0.540. The molecule has 0 radical (unpaired) electrons. The lowest BCUT2D eigenvalue weighted by atomic mass is 9.91. The lowest BCUT2D eigenvalue weighted by molar-refractivity contribution is 0.196. The summed E-state index contributed by atoms with van der Waals surface area (Å²) in [6, 6.07) is 5.95. The molecule has 2 aromatic rings. The largest absolute Gasteiger partial charge is 0.384 e. The van der Waals surface area contributed by atoms with Gasteiger partial charge in [0.15, 0.2) is 0 Å². The Morgan fingerprint density at radius 1 is 1.20 bits per heavy atom. The molecule has 1 fully saturated rings. The number of piperidine rings is 1. The number of likely N-dealkylation sites (tertiary alicyclic amines) is 1. The number of nitrogens with two attached hydrogens (primary N) is 1. The van der Waals surface area contributed by atoms with Crippen LogP contribution in [0.25, 0.3) is 0 Å². The lowest BCUT2D eigenvalue weighted by Crippen LogP contribution is -2.34. The highest BCUT2D eigenvalue weighted by molar-refractivity contribution is 5.25. The summed E-state index contributed by atoms with van der Waals surface area (Å²) in [5, 5.41) is 0. The molecule has 0 amide bonds. The van der Waals surface area contributed by atoms with E-state index in [0.29, 0.717) is 11.7 Å². The smallest absolute Gasteiger partial charge is 0.144 e. The number of rotatable bonds is 3. The van der Waals surface area contributed by atoms with E-state index in [1.54, 1.807) is 12.3 Å². The molecule has 2 aromatic heterocycles. The lowest BCUT2D eigenvalue weighted by Gasteiger charge is -2.32. The van der Waals surface area contributed by atoms with Gasteiger partial charge in [-0.3, -0.25) is 9.88 Å². The van der Waals surface area contributed by atoms with Crippen molar-refractivity contribution in [3.63, 3.8) is 0 Å². The molecule has 2 N–H and O–H groups in total. The zero-order chi connectivity index (χ0) is 13.8. The molecule has 0 aromatic carbocycles. The number of nitrogen functional groups attached to an aromatic ring is 1. The van der Waals surface area contributed by atoms with Gasteiger partial charge in [0, 0.05) is 25.1 Å².